The van der Waals surface area contributed by atoms with E-state index in [1.165, 1.54) is 13.2 Å². The average Bonchev–Trinajstić information content (AvgIpc) is 3.29. The molecule has 1 saturated heterocycles. The number of alkyl halides is 3. The van der Waals surface area contributed by atoms with Crippen LogP contribution in [0, 0.1) is 0 Å². The van der Waals surface area contributed by atoms with Crippen molar-refractivity contribution in [1.82, 2.24) is 25.5 Å². The van der Waals surface area contributed by atoms with Crippen molar-refractivity contribution in [3.63, 3.8) is 0 Å². The second-order valence-electron chi connectivity index (χ2n) is 6.60. The molecule has 1 fully saturated rings. The molecule has 1 atom stereocenters. The molecule has 1 aromatic carbocycles. The third-order valence-electron chi connectivity index (χ3n) is 4.83. The van der Waals surface area contributed by atoms with Gasteiger partial charge in [-0.15, -0.1) is 29.9 Å². The van der Waals surface area contributed by atoms with Crippen molar-refractivity contribution in [2.24, 2.45) is 0 Å². The van der Waals surface area contributed by atoms with E-state index in [4.69, 9.17) is 9.47 Å². The average molecular weight is 454 g/mol. The Bertz CT molecular complexity index is 882. The smallest absolute Gasteiger partial charge is 0.453 e. The largest absolute Gasteiger partial charge is 0.496 e. The zero-order valence-corrected chi connectivity index (χ0v) is 17.0. The maximum atomic E-state index is 13.1. The third kappa shape index (κ3) is 4.50. The van der Waals surface area contributed by atoms with E-state index in [0.717, 1.165) is 25.0 Å². The number of halogens is 5. The Balaban J connectivity index is 0.00000150. The predicted molar refractivity (Wildman–Crippen MR) is 104 cm³/mol. The van der Waals surface area contributed by atoms with Gasteiger partial charge < -0.3 is 14.8 Å². The van der Waals surface area contributed by atoms with Gasteiger partial charge in [0.25, 0.3) is 5.82 Å². The van der Waals surface area contributed by atoms with E-state index < -0.39 is 12.0 Å². The maximum Gasteiger partial charge on any atom is 0.453 e. The molecule has 160 valence electrons. The molecule has 7 nitrogen and oxygen atoms in total. The van der Waals surface area contributed by atoms with Crippen molar-refractivity contribution in [2.75, 3.05) is 26.8 Å². The quantitative estimate of drug-likeness (QED) is 0.769. The number of aromatic nitrogens is 4. The summed E-state index contributed by atoms with van der Waals surface area (Å²) in [7, 11) is 1.52. The summed E-state index contributed by atoms with van der Waals surface area (Å²) in [5, 5.41) is 13.1. The van der Waals surface area contributed by atoms with Crippen LogP contribution < -0.4 is 10.1 Å². The van der Waals surface area contributed by atoms with Gasteiger partial charge in [-0.3, -0.25) is 0 Å². The number of ether oxygens (including phenoxy) is 2. The number of hydrogen-bond acceptors (Lipinski definition) is 6. The van der Waals surface area contributed by atoms with Crippen LogP contribution in [-0.4, -0.2) is 52.6 Å². The third-order valence-corrected chi connectivity index (χ3v) is 4.83. The fourth-order valence-electron chi connectivity index (χ4n) is 3.54. The summed E-state index contributed by atoms with van der Waals surface area (Å²) in [5.74, 6) is -0.626. The number of nitrogens with zero attached hydrogens (tertiary/aromatic N) is 4. The van der Waals surface area contributed by atoms with Gasteiger partial charge in [0.15, 0.2) is 0 Å². The van der Waals surface area contributed by atoms with Crippen molar-refractivity contribution in [1.29, 1.82) is 0 Å². The summed E-state index contributed by atoms with van der Waals surface area (Å²) in [6.07, 6.45) is -0.709. The van der Waals surface area contributed by atoms with Gasteiger partial charge in [0.05, 0.1) is 25.0 Å². The molecule has 1 N–H and O–H groups in total. The monoisotopic (exact) mass is 453 g/mol. The first-order valence-corrected chi connectivity index (χ1v) is 8.53. The SMILES string of the molecule is COc1ccc(-n2nnnc2C(F)(F)F)cc1C1=CC2(CCCNC2)OC1.Cl.Cl. The Hall–Kier alpha value is -1.88. The second kappa shape index (κ2) is 8.86. The fraction of sp³-hybridized carbons (Fsp3) is 0.471. The van der Waals surface area contributed by atoms with E-state index in [0.29, 0.717) is 29.1 Å². The van der Waals surface area contributed by atoms with Crippen LogP contribution >= 0.6 is 24.8 Å². The van der Waals surface area contributed by atoms with Crippen LogP contribution in [0.1, 0.15) is 24.2 Å². The molecule has 3 heterocycles. The van der Waals surface area contributed by atoms with Crippen molar-refractivity contribution < 1.29 is 22.6 Å². The summed E-state index contributed by atoms with van der Waals surface area (Å²) in [6, 6.07) is 4.69. The minimum absolute atomic E-state index is 0. The van der Waals surface area contributed by atoms with E-state index >= 15 is 0 Å². The minimum Gasteiger partial charge on any atom is -0.496 e. The highest BCUT2D eigenvalue weighted by Crippen LogP contribution is 2.38. The zero-order valence-electron chi connectivity index (χ0n) is 15.4. The van der Waals surface area contributed by atoms with E-state index in [2.05, 4.69) is 20.8 Å². The summed E-state index contributed by atoms with van der Waals surface area (Å²) in [6.45, 7) is 2.03. The first kappa shape index (κ1) is 23.4. The molecule has 0 radical (unpaired) electrons. The fourth-order valence-corrected chi connectivity index (χ4v) is 3.54. The molecule has 0 aliphatic carbocycles. The molecule has 1 aromatic heterocycles. The van der Waals surface area contributed by atoms with E-state index in [-0.39, 0.29) is 36.1 Å². The number of hydrogen-bond donors (Lipinski definition) is 1. The highest BCUT2D eigenvalue weighted by Gasteiger charge is 2.39. The first-order valence-electron chi connectivity index (χ1n) is 8.53. The number of tetrazole rings is 1. The van der Waals surface area contributed by atoms with Crippen LogP contribution in [0.15, 0.2) is 24.3 Å². The Morgan fingerprint density at radius 1 is 1.28 bits per heavy atom. The zero-order chi connectivity index (χ0) is 19.1. The first-order chi connectivity index (χ1) is 12.9. The van der Waals surface area contributed by atoms with Crippen LogP contribution in [-0.2, 0) is 10.9 Å². The standard InChI is InChI=1S/C17H18F3N5O2.2ClH/c1-26-14-4-3-12(25-15(17(18,19)20)22-23-24-25)7-13(14)11-8-16(27-9-11)5-2-6-21-10-16;;/h3-4,7-8,21H,2,5-6,9-10H2,1H3;2*1H. The van der Waals surface area contributed by atoms with Crippen molar-refractivity contribution in [2.45, 2.75) is 24.6 Å². The van der Waals surface area contributed by atoms with Crippen LogP contribution in [0.4, 0.5) is 13.2 Å². The number of benzene rings is 1. The number of nitrogens with one attached hydrogen (secondary N) is 1. The van der Waals surface area contributed by atoms with Gasteiger partial charge in [-0.1, -0.05) is 0 Å². The lowest BCUT2D eigenvalue weighted by Crippen LogP contribution is -2.44. The predicted octanol–water partition coefficient (Wildman–Crippen LogP) is 3.07. The summed E-state index contributed by atoms with van der Waals surface area (Å²) >= 11 is 0. The van der Waals surface area contributed by atoms with E-state index in [9.17, 15) is 13.2 Å². The van der Waals surface area contributed by atoms with Crippen LogP contribution in [0.3, 0.4) is 0 Å². The molecular formula is C17H20Cl2F3N5O2. The van der Waals surface area contributed by atoms with Crippen LogP contribution in [0.25, 0.3) is 11.3 Å². The Kier molecular flexibility index (Phi) is 7.15. The van der Waals surface area contributed by atoms with Gasteiger partial charge in [0.1, 0.15) is 5.75 Å². The van der Waals surface area contributed by atoms with Gasteiger partial charge in [-0.2, -0.15) is 17.9 Å². The van der Waals surface area contributed by atoms with Crippen molar-refractivity contribution in [3.05, 3.63) is 35.7 Å². The normalized spacial score (nSPS) is 21.3. The highest BCUT2D eigenvalue weighted by molar-refractivity contribution is 5.85. The molecule has 0 amide bonds. The lowest BCUT2D eigenvalue weighted by molar-refractivity contribution is -0.146. The lowest BCUT2D eigenvalue weighted by Gasteiger charge is -2.31. The molecule has 2 aliphatic heterocycles. The topological polar surface area (TPSA) is 74.1 Å². The molecule has 12 heteroatoms. The minimum atomic E-state index is -4.66. The Morgan fingerprint density at radius 3 is 2.72 bits per heavy atom. The van der Waals surface area contributed by atoms with Crippen molar-refractivity contribution >= 4 is 30.4 Å². The summed E-state index contributed by atoms with van der Waals surface area (Å²) in [5.41, 5.74) is 1.37. The molecule has 0 bridgehead atoms. The van der Waals surface area contributed by atoms with Crippen LogP contribution in [0.2, 0.25) is 0 Å². The Labute approximate surface area is 177 Å². The van der Waals surface area contributed by atoms with E-state index in [1.807, 2.05) is 6.08 Å². The summed E-state index contributed by atoms with van der Waals surface area (Å²) in [4.78, 5) is 0. The van der Waals surface area contributed by atoms with E-state index in [1.54, 1.807) is 12.1 Å². The van der Waals surface area contributed by atoms with Gasteiger partial charge in [-0.25, -0.2) is 0 Å². The number of methoxy groups -OCH3 is 1. The molecule has 1 unspecified atom stereocenters. The molecule has 2 aromatic rings. The second-order valence-corrected chi connectivity index (χ2v) is 6.60. The van der Waals surface area contributed by atoms with Crippen LogP contribution in [0.5, 0.6) is 5.75 Å². The van der Waals surface area contributed by atoms with Gasteiger partial charge in [-0.05, 0) is 59.7 Å². The van der Waals surface area contributed by atoms with Crippen molar-refractivity contribution in [3.8, 4) is 11.4 Å². The summed E-state index contributed by atoms with van der Waals surface area (Å²) < 4.78 is 51.5. The number of rotatable bonds is 3. The van der Waals surface area contributed by atoms with Gasteiger partial charge in [0, 0.05) is 12.1 Å². The molecular weight excluding hydrogens is 434 g/mol. The maximum absolute atomic E-state index is 13.1. The lowest BCUT2D eigenvalue weighted by atomic mass is 9.92. The molecule has 0 saturated carbocycles. The molecule has 29 heavy (non-hydrogen) atoms. The number of piperidine rings is 1. The van der Waals surface area contributed by atoms with Gasteiger partial charge >= 0.3 is 6.18 Å². The molecule has 2 aliphatic rings. The molecule has 1 spiro atoms. The highest BCUT2D eigenvalue weighted by atomic mass is 35.5. The molecule has 4 rings (SSSR count). The van der Waals surface area contributed by atoms with Gasteiger partial charge in [0.2, 0.25) is 0 Å². The Morgan fingerprint density at radius 2 is 2.07 bits per heavy atom.